The van der Waals surface area contributed by atoms with Gasteiger partial charge in [-0.2, -0.15) is 0 Å². The van der Waals surface area contributed by atoms with Crippen molar-refractivity contribution in [2.75, 3.05) is 39.6 Å². The average Bonchev–Trinajstić information content (AvgIpc) is 3.42. The first-order valence-electron chi connectivity index (χ1n) is 20.7. The van der Waals surface area contributed by atoms with Crippen LogP contribution >= 0.6 is 0 Å². The molecule has 0 unspecified atom stereocenters. The van der Waals surface area contributed by atoms with Crippen molar-refractivity contribution in [3.63, 3.8) is 0 Å². The molecule has 0 fully saturated rings. The summed E-state index contributed by atoms with van der Waals surface area (Å²) in [6.07, 6.45) is -48.5. The van der Waals surface area contributed by atoms with Crippen LogP contribution in [-0.2, 0) is 28.8 Å². The smallest absolute Gasteiger partial charge is 0.547 e. The van der Waals surface area contributed by atoms with Crippen molar-refractivity contribution in [2.45, 2.75) is 146 Å². The quantitative estimate of drug-likeness (QED) is 0.0297. The molecule has 0 saturated carbocycles. The predicted molar refractivity (Wildman–Crippen MR) is 228 cm³/mol. The molecule has 0 spiro atoms. The molecular formula is C36H66Ca2Na2O42. The van der Waals surface area contributed by atoms with E-state index in [-0.39, 0.29) is 135 Å². The molecule has 82 heavy (non-hydrogen) atoms. The number of rotatable bonds is 30. The predicted octanol–water partition coefficient (Wildman–Crippen LogP) is -35.7. The molecule has 42 nitrogen and oxygen atoms in total. The maximum absolute atomic E-state index is 9.98. The third-order valence-corrected chi connectivity index (χ3v) is 8.98. The molecule has 0 rings (SSSR count). The SMILES string of the molecule is O=C([O-])[C@H](O)[C@@H](O)[C@H](O)[C@H](O)CO.O=C([O-])[C@H](O)[C@@H](O)[C@H](O)[C@H](O)CO.O=C([O-])[C@H](O)[C@@H](O)[C@H](O)[C@H](O)CO.O=C([O-])[C@H](O)[C@@H](O)[C@H](O)[C@H](O)CO.O=C([O-])[C@H](O)[C@@H](O)[C@H](O)[C@H](O)CO.O=C([O-])[C@H](O)[C@@H](O)[C@H](O)[C@H](O)CO.[Ca+2].[Ca+2].[Na+].[Na+]. The number of carbonyl (C=O) groups is 6. The Morgan fingerprint density at radius 3 is 0.329 bits per heavy atom. The molecule has 30 N–H and O–H groups in total. The number of aliphatic hydroxyl groups is 30. The van der Waals surface area contributed by atoms with E-state index in [1.807, 2.05) is 0 Å². The van der Waals surface area contributed by atoms with E-state index in [1.54, 1.807) is 0 Å². The van der Waals surface area contributed by atoms with E-state index in [0.717, 1.165) is 0 Å². The second-order valence-electron chi connectivity index (χ2n) is 15.0. The van der Waals surface area contributed by atoms with Crippen LogP contribution in [0.4, 0.5) is 0 Å². The summed E-state index contributed by atoms with van der Waals surface area (Å²) in [6, 6.07) is 0. The maximum atomic E-state index is 9.98. The van der Waals surface area contributed by atoms with E-state index < -0.39 is 222 Å². The fourth-order valence-corrected chi connectivity index (χ4v) is 3.97. The molecule has 0 aromatic carbocycles. The van der Waals surface area contributed by atoms with Gasteiger partial charge in [0.2, 0.25) is 0 Å². The molecule has 0 aliphatic carbocycles. The summed E-state index contributed by atoms with van der Waals surface area (Å²) in [4.78, 5) is 59.9. The van der Waals surface area contributed by atoms with Gasteiger partial charge >= 0.3 is 135 Å². The molecular weight excluding hydrogens is 1230 g/mol. The van der Waals surface area contributed by atoms with Crippen LogP contribution in [0.2, 0.25) is 0 Å². The summed E-state index contributed by atoms with van der Waals surface area (Å²) in [7, 11) is 0. The van der Waals surface area contributed by atoms with Crippen LogP contribution in [0.3, 0.4) is 0 Å². The molecule has 0 aromatic heterocycles. The summed E-state index contributed by atoms with van der Waals surface area (Å²) in [5.74, 6) is -11.9. The summed E-state index contributed by atoms with van der Waals surface area (Å²) in [6.45, 7) is -5.18. The van der Waals surface area contributed by atoms with E-state index in [4.69, 9.17) is 153 Å². The minimum atomic E-state index is -2.31. The Balaban J connectivity index is -0.0000000939. The molecule has 0 radical (unpaired) electrons. The number of aliphatic hydroxyl groups excluding tert-OH is 30. The number of hydrogen-bond acceptors (Lipinski definition) is 42. The van der Waals surface area contributed by atoms with Crippen molar-refractivity contribution in [2.24, 2.45) is 0 Å². The van der Waals surface area contributed by atoms with Crippen molar-refractivity contribution in [1.29, 1.82) is 0 Å². The molecule has 24 atom stereocenters. The van der Waals surface area contributed by atoms with Crippen LogP contribution in [0.5, 0.6) is 0 Å². The molecule has 0 saturated heterocycles. The van der Waals surface area contributed by atoms with E-state index in [2.05, 4.69) is 0 Å². The first kappa shape index (κ1) is 104. The third kappa shape index (κ3) is 42.9. The fraction of sp³-hybridized carbons (Fsp3) is 0.833. The van der Waals surface area contributed by atoms with E-state index in [1.165, 1.54) is 0 Å². The Morgan fingerprint density at radius 1 is 0.207 bits per heavy atom. The summed E-state index contributed by atoms with van der Waals surface area (Å²) in [5, 5.41) is 321. The van der Waals surface area contributed by atoms with Gasteiger partial charge in [0.15, 0.2) is 0 Å². The van der Waals surface area contributed by atoms with Gasteiger partial charge in [0.1, 0.15) is 146 Å². The normalized spacial score (nSPS) is 19.4. The number of carboxylic acid groups (broad SMARTS) is 6. The zero-order chi connectivity index (χ0) is 63.6. The van der Waals surface area contributed by atoms with Crippen LogP contribution in [0.25, 0.3) is 0 Å². The number of carboxylic acids is 6. The van der Waals surface area contributed by atoms with Crippen LogP contribution < -0.4 is 89.8 Å². The van der Waals surface area contributed by atoms with E-state index in [9.17, 15) is 59.4 Å². The zero-order valence-electron chi connectivity index (χ0n) is 42.8. The second-order valence-corrected chi connectivity index (χ2v) is 15.0. The molecule has 46 heteroatoms. The Bertz CT molecular complexity index is 1340. The average molecular weight is 1300 g/mol. The van der Waals surface area contributed by atoms with E-state index in [0.29, 0.717) is 0 Å². The van der Waals surface area contributed by atoms with Gasteiger partial charge in [-0.3, -0.25) is 0 Å². The largest absolute Gasteiger partial charge is 2.00 e. The monoisotopic (exact) mass is 1300 g/mol. The third-order valence-electron chi connectivity index (χ3n) is 8.98. The number of aliphatic carboxylic acids is 6. The molecule has 0 aliphatic heterocycles. The molecule has 0 heterocycles. The van der Waals surface area contributed by atoms with Crippen molar-refractivity contribution in [3.8, 4) is 0 Å². The molecule has 0 bridgehead atoms. The Hall–Kier alpha value is 0.139. The molecule has 0 aliphatic rings. The first-order chi connectivity index (χ1) is 35.5. The number of hydrogen-bond donors (Lipinski definition) is 30. The minimum absolute atomic E-state index is 0. The summed E-state index contributed by atoms with van der Waals surface area (Å²) < 4.78 is 0. The fourth-order valence-electron chi connectivity index (χ4n) is 3.97. The molecule has 468 valence electrons. The molecule has 0 amide bonds. The van der Waals surface area contributed by atoms with Gasteiger partial charge in [-0.15, -0.1) is 0 Å². The van der Waals surface area contributed by atoms with Gasteiger partial charge in [0, 0.05) is 0 Å². The van der Waals surface area contributed by atoms with Crippen molar-refractivity contribution in [1.82, 2.24) is 0 Å². The van der Waals surface area contributed by atoms with Gasteiger partial charge in [-0.05, 0) is 0 Å². The van der Waals surface area contributed by atoms with Crippen LogP contribution in [0, 0.1) is 0 Å². The molecule has 0 aromatic rings. The maximum Gasteiger partial charge on any atom is 2.00 e. The Morgan fingerprint density at radius 2 is 0.280 bits per heavy atom. The van der Waals surface area contributed by atoms with E-state index >= 15 is 0 Å². The van der Waals surface area contributed by atoms with Gasteiger partial charge in [-0.1, -0.05) is 0 Å². The summed E-state index contributed by atoms with van der Waals surface area (Å²) >= 11 is 0. The van der Waals surface area contributed by atoms with Gasteiger partial charge in [0.25, 0.3) is 0 Å². The van der Waals surface area contributed by atoms with Gasteiger partial charge in [-0.25, -0.2) is 0 Å². The Kier molecular flexibility index (Phi) is 71.4. The van der Waals surface area contributed by atoms with Crippen molar-refractivity contribution < 1.29 is 272 Å². The zero-order valence-corrected chi connectivity index (χ0v) is 51.2. The van der Waals surface area contributed by atoms with Crippen LogP contribution in [0.1, 0.15) is 0 Å². The van der Waals surface area contributed by atoms with Gasteiger partial charge in [0.05, 0.1) is 75.5 Å². The second kappa shape index (κ2) is 56.4. The topological polar surface area (TPSA) is 848 Å². The summed E-state index contributed by atoms with van der Waals surface area (Å²) in [5.41, 5.74) is 0. The van der Waals surface area contributed by atoms with Crippen molar-refractivity contribution in [3.05, 3.63) is 0 Å². The Labute approximate surface area is 563 Å². The van der Waals surface area contributed by atoms with Crippen molar-refractivity contribution >= 4 is 111 Å². The van der Waals surface area contributed by atoms with Gasteiger partial charge < -0.3 is 213 Å². The van der Waals surface area contributed by atoms with Crippen LogP contribution in [0.15, 0.2) is 0 Å². The standard InChI is InChI=1S/6C6H12O7.2Ca.2Na/c6*7-1-2(8)3(9)4(10)5(11)6(12)13;;;;/h6*2-5,7-11H,1H2,(H,12,13);;;;/q;;;;;;2*+2;2*+1/p-6/t6*2-,3-,4+,5-;;;;/m111111..../s1. The minimum Gasteiger partial charge on any atom is -0.547 e. The number of carbonyl (C=O) groups excluding carboxylic acids is 6. The first-order valence-corrected chi connectivity index (χ1v) is 20.7. The van der Waals surface area contributed by atoms with Crippen LogP contribution in [-0.4, -0.2) is 451 Å².